The van der Waals surface area contributed by atoms with Crippen LogP contribution in [-0.4, -0.2) is 23.6 Å². The fourth-order valence-corrected chi connectivity index (χ4v) is 3.71. The Morgan fingerprint density at radius 3 is 2.29 bits per heavy atom. The molecule has 2 aromatic carbocycles. The Kier molecular flexibility index (Phi) is 4.77. The molecule has 0 aliphatic heterocycles. The molecule has 4 aromatic rings. The number of hydrogen-bond acceptors (Lipinski definition) is 5. The molecule has 2 heterocycles. The van der Waals surface area contributed by atoms with Crippen LogP contribution >= 0.6 is 0 Å². The molecule has 0 unspecified atom stereocenters. The van der Waals surface area contributed by atoms with Crippen LogP contribution in [0.3, 0.4) is 0 Å². The molecule has 4 rings (SSSR count). The minimum atomic E-state index is -3.61. The van der Waals surface area contributed by atoms with Gasteiger partial charge in [0.2, 0.25) is 0 Å². The second-order valence-electron chi connectivity index (χ2n) is 6.00. The highest BCUT2D eigenvalue weighted by atomic mass is 32.2. The standard InChI is InChI=1S/C20H17N5O2S/c26-28(27,17-6-2-1-3-7-17)25-16-11-9-15(10-12-16)18-14-20(24-23-18)22-19-8-4-5-13-21-19/h1-14,25H,(H2,21,22,23,24). The lowest BCUT2D eigenvalue weighted by atomic mass is 10.1. The van der Waals surface area contributed by atoms with Crippen LogP contribution < -0.4 is 10.0 Å². The van der Waals surface area contributed by atoms with Gasteiger partial charge in [-0.25, -0.2) is 13.4 Å². The summed E-state index contributed by atoms with van der Waals surface area (Å²) in [6, 6.07) is 22.8. The predicted molar refractivity (Wildman–Crippen MR) is 109 cm³/mol. The zero-order chi connectivity index (χ0) is 19.4. The van der Waals surface area contributed by atoms with E-state index in [0.717, 1.165) is 11.3 Å². The fraction of sp³-hybridized carbons (Fsp3) is 0. The molecule has 140 valence electrons. The SMILES string of the molecule is O=S(=O)(Nc1ccc(-c2cc(Nc3ccccn3)n[nH]2)cc1)c1ccccc1. The molecular formula is C20H17N5O2S. The van der Waals surface area contributed by atoms with Crippen LogP contribution in [0.25, 0.3) is 11.3 Å². The van der Waals surface area contributed by atoms with E-state index in [1.54, 1.807) is 48.7 Å². The van der Waals surface area contributed by atoms with E-state index in [1.165, 1.54) is 0 Å². The third-order valence-electron chi connectivity index (χ3n) is 4.00. The highest BCUT2D eigenvalue weighted by molar-refractivity contribution is 7.92. The first-order valence-corrected chi connectivity index (χ1v) is 10.0. The Morgan fingerprint density at radius 2 is 1.57 bits per heavy atom. The lowest BCUT2D eigenvalue weighted by Crippen LogP contribution is -2.12. The molecule has 0 spiro atoms. The Hall–Kier alpha value is -3.65. The zero-order valence-corrected chi connectivity index (χ0v) is 15.5. The summed E-state index contributed by atoms with van der Waals surface area (Å²) in [6.45, 7) is 0. The molecule has 28 heavy (non-hydrogen) atoms. The summed E-state index contributed by atoms with van der Waals surface area (Å²) >= 11 is 0. The van der Waals surface area contributed by atoms with Gasteiger partial charge in [-0.2, -0.15) is 5.10 Å². The van der Waals surface area contributed by atoms with E-state index in [9.17, 15) is 8.42 Å². The van der Waals surface area contributed by atoms with Crippen LogP contribution in [0.2, 0.25) is 0 Å². The van der Waals surface area contributed by atoms with Crippen molar-refractivity contribution in [3.8, 4) is 11.3 Å². The molecule has 0 bridgehead atoms. The van der Waals surface area contributed by atoms with E-state index in [0.29, 0.717) is 17.3 Å². The van der Waals surface area contributed by atoms with Crippen molar-refractivity contribution in [1.82, 2.24) is 15.2 Å². The van der Waals surface area contributed by atoms with Gasteiger partial charge in [0.1, 0.15) is 5.82 Å². The summed E-state index contributed by atoms with van der Waals surface area (Å²) < 4.78 is 27.4. The minimum Gasteiger partial charge on any atom is -0.323 e. The van der Waals surface area contributed by atoms with Crippen LogP contribution in [0.15, 0.2) is 90.0 Å². The average Bonchev–Trinajstić information content (AvgIpc) is 3.18. The molecule has 0 saturated heterocycles. The molecule has 0 radical (unpaired) electrons. The maximum Gasteiger partial charge on any atom is 0.261 e. The molecular weight excluding hydrogens is 374 g/mol. The highest BCUT2D eigenvalue weighted by Crippen LogP contribution is 2.24. The zero-order valence-electron chi connectivity index (χ0n) is 14.7. The molecule has 0 saturated carbocycles. The maximum absolute atomic E-state index is 12.4. The molecule has 0 aliphatic rings. The van der Waals surface area contributed by atoms with Gasteiger partial charge in [0, 0.05) is 18.0 Å². The number of H-pyrrole nitrogens is 1. The first-order chi connectivity index (χ1) is 13.6. The van der Waals surface area contributed by atoms with Gasteiger partial charge in [-0.05, 0) is 42.0 Å². The van der Waals surface area contributed by atoms with Crippen molar-refractivity contribution in [3.05, 3.63) is 85.1 Å². The molecule has 0 fully saturated rings. The summed E-state index contributed by atoms with van der Waals surface area (Å²) in [6.07, 6.45) is 1.70. The average molecular weight is 391 g/mol. The van der Waals surface area contributed by atoms with Crippen LogP contribution in [-0.2, 0) is 10.0 Å². The van der Waals surface area contributed by atoms with Crippen molar-refractivity contribution in [2.45, 2.75) is 4.90 Å². The van der Waals surface area contributed by atoms with E-state index in [1.807, 2.05) is 36.4 Å². The number of aromatic amines is 1. The summed E-state index contributed by atoms with van der Waals surface area (Å²) in [4.78, 5) is 4.42. The maximum atomic E-state index is 12.4. The third-order valence-corrected chi connectivity index (χ3v) is 5.40. The number of pyridine rings is 1. The van der Waals surface area contributed by atoms with Gasteiger partial charge in [-0.15, -0.1) is 0 Å². The molecule has 8 heteroatoms. The summed E-state index contributed by atoms with van der Waals surface area (Å²) in [5.41, 5.74) is 2.17. The number of hydrogen-bond donors (Lipinski definition) is 3. The van der Waals surface area contributed by atoms with Gasteiger partial charge < -0.3 is 5.32 Å². The number of aromatic nitrogens is 3. The van der Waals surface area contributed by atoms with Crippen molar-refractivity contribution < 1.29 is 8.42 Å². The van der Waals surface area contributed by atoms with Crippen LogP contribution in [0, 0.1) is 0 Å². The van der Waals surface area contributed by atoms with E-state index >= 15 is 0 Å². The Bertz CT molecular complexity index is 1160. The fourth-order valence-electron chi connectivity index (χ4n) is 2.63. The van der Waals surface area contributed by atoms with Gasteiger partial charge in [0.15, 0.2) is 5.82 Å². The number of sulfonamides is 1. The molecule has 7 nitrogen and oxygen atoms in total. The molecule has 3 N–H and O–H groups in total. The minimum absolute atomic E-state index is 0.220. The highest BCUT2D eigenvalue weighted by Gasteiger charge is 2.13. The van der Waals surface area contributed by atoms with E-state index < -0.39 is 10.0 Å². The number of nitrogens with zero attached hydrogens (tertiary/aromatic N) is 2. The van der Waals surface area contributed by atoms with Crippen molar-refractivity contribution in [2.24, 2.45) is 0 Å². The third kappa shape index (κ3) is 4.02. The second kappa shape index (κ2) is 7.53. The topological polar surface area (TPSA) is 99.8 Å². The van der Waals surface area contributed by atoms with E-state index in [-0.39, 0.29) is 4.90 Å². The number of anilines is 3. The Labute approximate surface area is 162 Å². The van der Waals surface area contributed by atoms with Gasteiger partial charge in [-0.3, -0.25) is 9.82 Å². The number of nitrogens with one attached hydrogen (secondary N) is 3. The largest absolute Gasteiger partial charge is 0.323 e. The van der Waals surface area contributed by atoms with Gasteiger partial charge in [0.25, 0.3) is 10.0 Å². The van der Waals surface area contributed by atoms with Gasteiger partial charge in [-0.1, -0.05) is 36.4 Å². The quantitative estimate of drug-likeness (QED) is 0.461. The Balaban J connectivity index is 1.48. The predicted octanol–water partition coefficient (Wildman–Crippen LogP) is 4.02. The van der Waals surface area contributed by atoms with E-state index in [4.69, 9.17) is 0 Å². The van der Waals surface area contributed by atoms with Crippen LogP contribution in [0.1, 0.15) is 0 Å². The first kappa shape index (κ1) is 17.7. The first-order valence-electron chi connectivity index (χ1n) is 8.52. The van der Waals surface area contributed by atoms with Crippen molar-refractivity contribution in [3.63, 3.8) is 0 Å². The molecule has 0 aliphatic carbocycles. The van der Waals surface area contributed by atoms with Crippen LogP contribution in [0.4, 0.5) is 17.3 Å². The van der Waals surface area contributed by atoms with E-state index in [2.05, 4.69) is 25.2 Å². The van der Waals surface area contributed by atoms with Crippen molar-refractivity contribution >= 4 is 27.3 Å². The summed E-state index contributed by atoms with van der Waals surface area (Å²) in [5.74, 6) is 1.34. The summed E-state index contributed by atoms with van der Waals surface area (Å²) in [5, 5.41) is 10.3. The smallest absolute Gasteiger partial charge is 0.261 e. The van der Waals surface area contributed by atoms with Crippen molar-refractivity contribution in [1.29, 1.82) is 0 Å². The number of benzene rings is 2. The molecule has 0 atom stereocenters. The molecule has 2 aromatic heterocycles. The monoisotopic (exact) mass is 391 g/mol. The van der Waals surface area contributed by atoms with Gasteiger partial charge in [0.05, 0.1) is 10.6 Å². The second-order valence-corrected chi connectivity index (χ2v) is 7.69. The lowest BCUT2D eigenvalue weighted by Gasteiger charge is -2.08. The Morgan fingerprint density at radius 1 is 0.821 bits per heavy atom. The molecule has 0 amide bonds. The summed E-state index contributed by atoms with van der Waals surface area (Å²) in [7, 11) is -3.61. The lowest BCUT2D eigenvalue weighted by molar-refractivity contribution is 0.601. The normalized spacial score (nSPS) is 11.1. The van der Waals surface area contributed by atoms with Crippen molar-refractivity contribution in [2.75, 3.05) is 10.0 Å². The van der Waals surface area contributed by atoms with Gasteiger partial charge >= 0.3 is 0 Å². The van der Waals surface area contributed by atoms with Crippen LogP contribution in [0.5, 0.6) is 0 Å². The number of rotatable bonds is 6.